The van der Waals surface area contributed by atoms with Crippen LogP contribution < -0.4 is 10.9 Å². The van der Waals surface area contributed by atoms with Gasteiger partial charge in [0.05, 0.1) is 6.33 Å². The van der Waals surface area contributed by atoms with Gasteiger partial charge in [0.15, 0.2) is 0 Å². The summed E-state index contributed by atoms with van der Waals surface area (Å²) in [7, 11) is 0. The first-order valence-electron chi connectivity index (χ1n) is 10.9. The summed E-state index contributed by atoms with van der Waals surface area (Å²) in [6, 6.07) is 18.1. The van der Waals surface area contributed by atoms with Crippen molar-refractivity contribution in [1.82, 2.24) is 20.0 Å². The van der Waals surface area contributed by atoms with E-state index in [0.29, 0.717) is 17.8 Å². The van der Waals surface area contributed by atoms with Gasteiger partial charge in [0.1, 0.15) is 11.2 Å². The van der Waals surface area contributed by atoms with Crippen LogP contribution in [0.2, 0.25) is 0 Å². The Morgan fingerprint density at radius 2 is 1.84 bits per heavy atom. The van der Waals surface area contributed by atoms with Gasteiger partial charge in [-0.15, -0.1) is 0 Å². The third-order valence-corrected chi connectivity index (χ3v) is 5.47. The maximum Gasteiger partial charge on any atom is 0.299 e. The number of nitrogens with one attached hydrogen (secondary N) is 1. The second-order valence-electron chi connectivity index (χ2n) is 7.69. The fourth-order valence-electron chi connectivity index (χ4n) is 3.58. The Hall–Kier alpha value is -3.74. The molecule has 0 aliphatic carbocycles. The van der Waals surface area contributed by atoms with E-state index in [9.17, 15) is 9.59 Å². The Balaban J connectivity index is 1.35. The molecular weight excluding hydrogens is 404 g/mol. The summed E-state index contributed by atoms with van der Waals surface area (Å²) in [5, 5.41) is 6.97. The molecule has 4 rings (SSSR count). The Labute approximate surface area is 186 Å². The lowest BCUT2D eigenvalue weighted by Gasteiger charge is -2.07. The Bertz CT molecular complexity index is 1240. The highest BCUT2D eigenvalue weighted by atomic mass is 16.5. The number of hydrogen-bond acceptors (Lipinski definition) is 5. The van der Waals surface area contributed by atoms with Crippen LogP contribution in [0.3, 0.4) is 0 Å². The molecule has 0 unspecified atom stereocenters. The van der Waals surface area contributed by atoms with E-state index in [0.717, 1.165) is 24.8 Å². The number of rotatable bonds is 9. The van der Waals surface area contributed by atoms with Crippen LogP contribution in [0.5, 0.6) is 0 Å². The molecule has 7 nitrogen and oxygen atoms in total. The van der Waals surface area contributed by atoms with Crippen molar-refractivity contribution in [3.05, 3.63) is 82.4 Å². The van der Waals surface area contributed by atoms with Crippen molar-refractivity contribution < 1.29 is 9.32 Å². The molecule has 1 amide bonds. The van der Waals surface area contributed by atoms with Gasteiger partial charge in [0, 0.05) is 25.1 Å². The maximum absolute atomic E-state index is 12.8. The zero-order chi connectivity index (χ0) is 22.3. The van der Waals surface area contributed by atoms with Gasteiger partial charge in [-0.05, 0) is 30.4 Å². The standard InChI is InChI=1S/C25H26N4O3/c1-2-18-10-12-20(13-11-18)22-23-24(32-28-22)25(31)29(17-27-23)16-14-21(30)26-15-6-9-19-7-4-3-5-8-19/h3-5,7-8,10-13,17H,2,6,9,14-16H2,1H3,(H,26,30). The SMILES string of the molecule is CCc1ccc(-c2noc3c(=O)n(CCC(=O)NCCCc4ccccc4)cnc23)cc1. The van der Waals surface area contributed by atoms with Crippen LogP contribution in [0.4, 0.5) is 0 Å². The van der Waals surface area contributed by atoms with E-state index in [4.69, 9.17) is 4.52 Å². The average Bonchev–Trinajstić information content (AvgIpc) is 3.27. The van der Waals surface area contributed by atoms with Gasteiger partial charge in [-0.1, -0.05) is 66.7 Å². The number of benzene rings is 2. The maximum atomic E-state index is 12.8. The van der Waals surface area contributed by atoms with Gasteiger partial charge in [0.2, 0.25) is 5.91 Å². The molecule has 0 bridgehead atoms. The molecule has 0 radical (unpaired) electrons. The largest absolute Gasteiger partial charge is 0.356 e. The first kappa shape index (κ1) is 21.5. The Morgan fingerprint density at radius 3 is 2.59 bits per heavy atom. The lowest BCUT2D eigenvalue weighted by Crippen LogP contribution is -2.28. The van der Waals surface area contributed by atoms with Crippen molar-refractivity contribution in [3.8, 4) is 11.3 Å². The zero-order valence-corrected chi connectivity index (χ0v) is 18.1. The van der Waals surface area contributed by atoms with Gasteiger partial charge in [-0.2, -0.15) is 0 Å². The summed E-state index contributed by atoms with van der Waals surface area (Å²) in [6.07, 6.45) is 4.37. The van der Waals surface area contributed by atoms with Crippen LogP contribution in [0, 0.1) is 0 Å². The highest BCUT2D eigenvalue weighted by Crippen LogP contribution is 2.24. The molecule has 0 fully saturated rings. The highest BCUT2D eigenvalue weighted by molar-refractivity contribution is 5.87. The first-order chi connectivity index (χ1) is 15.7. The molecule has 2 aromatic carbocycles. The molecule has 0 atom stereocenters. The monoisotopic (exact) mass is 430 g/mol. The van der Waals surface area contributed by atoms with E-state index in [-0.39, 0.29) is 30.0 Å². The van der Waals surface area contributed by atoms with E-state index in [1.165, 1.54) is 22.0 Å². The van der Waals surface area contributed by atoms with Crippen molar-refractivity contribution in [1.29, 1.82) is 0 Å². The van der Waals surface area contributed by atoms with E-state index in [1.54, 1.807) is 0 Å². The van der Waals surface area contributed by atoms with E-state index in [1.807, 2.05) is 42.5 Å². The number of carbonyl (C=O) groups excluding carboxylic acids is 1. The lowest BCUT2D eigenvalue weighted by atomic mass is 10.1. The number of nitrogens with zero attached hydrogens (tertiary/aromatic N) is 3. The van der Waals surface area contributed by atoms with Crippen LogP contribution in [0.1, 0.15) is 30.9 Å². The lowest BCUT2D eigenvalue weighted by molar-refractivity contribution is -0.121. The molecular formula is C25H26N4O3. The minimum absolute atomic E-state index is 0.0978. The second kappa shape index (κ2) is 10.0. The summed E-state index contributed by atoms with van der Waals surface area (Å²) in [6.45, 7) is 2.92. The van der Waals surface area contributed by atoms with Gasteiger partial charge in [-0.25, -0.2) is 4.98 Å². The molecule has 1 N–H and O–H groups in total. The predicted molar refractivity (Wildman–Crippen MR) is 123 cm³/mol. The quantitative estimate of drug-likeness (QED) is 0.409. The Morgan fingerprint density at radius 1 is 1.06 bits per heavy atom. The summed E-state index contributed by atoms with van der Waals surface area (Å²) in [4.78, 5) is 29.3. The number of hydrogen-bond donors (Lipinski definition) is 1. The van der Waals surface area contributed by atoms with E-state index < -0.39 is 0 Å². The van der Waals surface area contributed by atoms with Crippen LogP contribution in [0.15, 0.2) is 70.2 Å². The molecule has 0 aliphatic rings. The van der Waals surface area contributed by atoms with Crippen LogP contribution in [-0.4, -0.2) is 27.2 Å². The van der Waals surface area contributed by atoms with Gasteiger partial charge in [0.25, 0.3) is 11.1 Å². The number of amides is 1. The van der Waals surface area contributed by atoms with Crippen molar-refractivity contribution in [3.63, 3.8) is 0 Å². The molecule has 2 aromatic heterocycles. The normalized spacial score (nSPS) is 11.0. The number of aromatic nitrogens is 3. The zero-order valence-electron chi connectivity index (χ0n) is 18.1. The predicted octanol–water partition coefficient (Wildman–Crippen LogP) is 3.75. The summed E-state index contributed by atoms with van der Waals surface area (Å²) in [5.74, 6) is -0.0978. The van der Waals surface area contributed by atoms with Crippen molar-refractivity contribution in [2.24, 2.45) is 0 Å². The smallest absolute Gasteiger partial charge is 0.299 e. The average molecular weight is 431 g/mol. The number of carbonyl (C=O) groups is 1. The molecule has 7 heteroatoms. The third-order valence-electron chi connectivity index (χ3n) is 5.47. The number of aryl methyl sites for hydroxylation is 3. The molecule has 2 heterocycles. The molecule has 32 heavy (non-hydrogen) atoms. The van der Waals surface area contributed by atoms with Crippen molar-refractivity contribution in [2.75, 3.05) is 6.54 Å². The molecule has 0 saturated carbocycles. The second-order valence-corrected chi connectivity index (χ2v) is 7.69. The van der Waals surface area contributed by atoms with Crippen LogP contribution >= 0.6 is 0 Å². The summed E-state index contributed by atoms with van der Waals surface area (Å²) in [5.41, 5.74) is 4.06. The van der Waals surface area contributed by atoms with E-state index in [2.05, 4.69) is 34.5 Å². The van der Waals surface area contributed by atoms with Gasteiger partial charge < -0.3 is 9.84 Å². The fourth-order valence-corrected chi connectivity index (χ4v) is 3.58. The highest BCUT2D eigenvalue weighted by Gasteiger charge is 2.16. The fraction of sp³-hybridized carbons (Fsp3) is 0.280. The summed E-state index contributed by atoms with van der Waals surface area (Å²) < 4.78 is 6.70. The van der Waals surface area contributed by atoms with Crippen LogP contribution in [0.25, 0.3) is 22.4 Å². The van der Waals surface area contributed by atoms with Gasteiger partial charge >= 0.3 is 0 Å². The number of fused-ring (bicyclic) bond motifs is 1. The molecule has 0 aliphatic heterocycles. The molecule has 4 aromatic rings. The van der Waals surface area contributed by atoms with Crippen molar-refractivity contribution in [2.45, 2.75) is 39.2 Å². The molecule has 0 spiro atoms. The Kier molecular flexibility index (Phi) is 6.75. The first-order valence-corrected chi connectivity index (χ1v) is 10.9. The molecule has 164 valence electrons. The third kappa shape index (κ3) is 4.94. The van der Waals surface area contributed by atoms with Gasteiger partial charge in [-0.3, -0.25) is 14.2 Å². The minimum atomic E-state index is -0.337. The van der Waals surface area contributed by atoms with Crippen molar-refractivity contribution >= 4 is 17.0 Å². The topological polar surface area (TPSA) is 90.0 Å². The minimum Gasteiger partial charge on any atom is -0.356 e. The van der Waals surface area contributed by atoms with E-state index >= 15 is 0 Å². The molecule has 0 saturated heterocycles. The summed E-state index contributed by atoms with van der Waals surface area (Å²) >= 11 is 0. The van der Waals surface area contributed by atoms with Crippen LogP contribution in [-0.2, 0) is 24.2 Å².